The van der Waals surface area contributed by atoms with Crippen molar-refractivity contribution in [1.29, 1.82) is 0 Å². The number of hydroxylamine groups is 2. The monoisotopic (exact) mass is 213 g/mol. The second kappa shape index (κ2) is 3.89. The molecule has 3 rings (SSSR count). The molecule has 0 spiro atoms. The molecule has 0 N–H and O–H groups in total. The second-order valence-electron chi connectivity index (χ2n) is 4.30. The van der Waals surface area contributed by atoms with Crippen molar-refractivity contribution in [2.24, 2.45) is 0 Å². The molecule has 0 aromatic heterocycles. The minimum absolute atomic E-state index is 0.219. The smallest absolute Gasteiger partial charge is 0.106 e. The van der Waals surface area contributed by atoms with E-state index in [-0.39, 0.29) is 6.10 Å². The highest BCUT2D eigenvalue weighted by molar-refractivity contribution is 5.85. The first-order valence-electron chi connectivity index (χ1n) is 5.70. The van der Waals surface area contributed by atoms with Gasteiger partial charge in [-0.3, -0.25) is 4.84 Å². The van der Waals surface area contributed by atoms with E-state index < -0.39 is 0 Å². The van der Waals surface area contributed by atoms with Crippen LogP contribution in [-0.2, 0) is 4.84 Å². The van der Waals surface area contributed by atoms with Gasteiger partial charge in [-0.25, -0.2) is 0 Å². The van der Waals surface area contributed by atoms with Crippen LogP contribution >= 0.6 is 0 Å². The molecule has 0 saturated carbocycles. The molecule has 0 amide bonds. The summed E-state index contributed by atoms with van der Waals surface area (Å²) in [5.74, 6) is 0. The number of rotatable bonds is 1. The Bertz CT molecular complexity index is 504. The number of hydrogen-bond acceptors (Lipinski definition) is 2. The average molecular weight is 213 g/mol. The average Bonchev–Trinajstić information content (AvgIpc) is 2.75. The minimum Gasteiger partial charge on any atom is -0.291 e. The van der Waals surface area contributed by atoms with Crippen molar-refractivity contribution >= 4 is 10.8 Å². The van der Waals surface area contributed by atoms with Gasteiger partial charge in [-0.1, -0.05) is 42.5 Å². The molecule has 0 aliphatic carbocycles. The Morgan fingerprint density at radius 1 is 1.12 bits per heavy atom. The van der Waals surface area contributed by atoms with Crippen LogP contribution in [0.2, 0.25) is 0 Å². The standard InChI is InChI=1S/C14H15NO/c1-15-10-9-14(16-15)13-8-4-6-11-5-2-3-7-12(11)13/h2-8,14H,9-10H2,1H3. The summed E-state index contributed by atoms with van der Waals surface area (Å²) in [5.41, 5.74) is 1.31. The van der Waals surface area contributed by atoms with E-state index in [1.54, 1.807) is 0 Å². The molecule has 1 heterocycles. The molecular formula is C14H15NO. The van der Waals surface area contributed by atoms with Gasteiger partial charge >= 0.3 is 0 Å². The highest BCUT2D eigenvalue weighted by atomic mass is 16.7. The summed E-state index contributed by atoms with van der Waals surface area (Å²) in [5, 5.41) is 4.52. The van der Waals surface area contributed by atoms with Gasteiger partial charge < -0.3 is 0 Å². The molecule has 1 fully saturated rings. The van der Waals surface area contributed by atoms with Gasteiger partial charge in [-0.2, -0.15) is 5.06 Å². The Kier molecular flexibility index (Phi) is 2.39. The third kappa shape index (κ3) is 1.60. The topological polar surface area (TPSA) is 12.5 Å². The van der Waals surface area contributed by atoms with Crippen molar-refractivity contribution in [2.45, 2.75) is 12.5 Å². The molecule has 1 aliphatic heterocycles. The maximum atomic E-state index is 5.79. The van der Waals surface area contributed by atoms with Gasteiger partial charge in [-0.05, 0) is 22.8 Å². The van der Waals surface area contributed by atoms with E-state index in [0.717, 1.165) is 13.0 Å². The molecule has 1 unspecified atom stereocenters. The number of benzene rings is 2. The second-order valence-corrected chi connectivity index (χ2v) is 4.30. The fourth-order valence-electron chi connectivity index (χ4n) is 2.37. The highest BCUT2D eigenvalue weighted by Crippen LogP contribution is 2.32. The van der Waals surface area contributed by atoms with E-state index >= 15 is 0 Å². The number of fused-ring (bicyclic) bond motifs is 1. The van der Waals surface area contributed by atoms with E-state index in [9.17, 15) is 0 Å². The van der Waals surface area contributed by atoms with Crippen LogP contribution in [0, 0.1) is 0 Å². The van der Waals surface area contributed by atoms with Gasteiger partial charge in [0.2, 0.25) is 0 Å². The van der Waals surface area contributed by atoms with Gasteiger partial charge in [0, 0.05) is 13.6 Å². The lowest BCUT2D eigenvalue weighted by Gasteiger charge is -2.14. The van der Waals surface area contributed by atoms with Gasteiger partial charge in [0.05, 0.1) is 0 Å². The highest BCUT2D eigenvalue weighted by Gasteiger charge is 2.23. The van der Waals surface area contributed by atoms with Crippen LogP contribution in [0.5, 0.6) is 0 Å². The lowest BCUT2D eigenvalue weighted by atomic mass is 9.99. The summed E-state index contributed by atoms with van der Waals surface area (Å²) < 4.78 is 0. The molecule has 16 heavy (non-hydrogen) atoms. The molecule has 0 radical (unpaired) electrons. The Labute approximate surface area is 95.4 Å². The van der Waals surface area contributed by atoms with Crippen molar-refractivity contribution in [1.82, 2.24) is 5.06 Å². The molecule has 1 saturated heterocycles. The van der Waals surface area contributed by atoms with Crippen LogP contribution in [0.4, 0.5) is 0 Å². The number of nitrogens with zero attached hydrogens (tertiary/aromatic N) is 1. The molecule has 2 aromatic carbocycles. The van der Waals surface area contributed by atoms with Crippen LogP contribution in [0.3, 0.4) is 0 Å². The van der Waals surface area contributed by atoms with E-state index in [4.69, 9.17) is 4.84 Å². The van der Waals surface area contributed by atoms with Crippen LogP contribution < -0.4 is 0 Å². The minimum atomic E-state index is 0.219. The largest absolute Gasteiger partial charge is 0.291 e. The zero-order valence-electron chi connectivity index (χ0n) is 9.39. The van der Waals surface area contributed by atoms with E-state index in [0.29, 0.717) is 0 Å². The quantitative estimate of drug-likeness (QED) is 0.721. The summed E-state index contributed by atoms with van der Waals surface area (Å²) in [4.78, 5) is 5.79. The summed E-state index contributed by atoms with van der Waals surface area (Å²) in [7, 11) is 1.99. The summed E-state index contributed by atoms with van der Waals surface area (Å²) in [6.07, 6.45) is 1.29. The zero-order valence-corrected chi connectivity index (χ0v) is 9.39. The normalized spacial score (nSPS) is 21.7. The maximum absolute atomic E-state index is 5.79. The third-order valence-electron chi connectivity index (χ3n) is 3.18. The van der Waals surface area contributed by atoms with E-state index in [2.05, 4.69) is 42.5 Å². The first-order chi connectivity index (χ1) is 7.84. The maximum Gasteiger partial charge on any atom is 0.106 e. The predicted molar refractivity (Wildman–Crippen MR) is 65.0 cm³/mol. The summed E-state index contributed by atoms with van der Waals surface area (Å²) in [6, 6.07) is 14.9. The molecular weight excluding hydrogens is 198 g/mol. The number of hydrogen-bond donors (Lipinski definition) is 0. The summed E-state index contributed by atoms with van der Waals surface area (Å²) >= 11 is 0. The SMILES string of the molecule is CN1CCC(c2cccc3ccccc23)O1. The molecule has 1 aliphatic rings. The van der Waals surface area contributed by atoms with Gasteiger partial charge in [-0.15, -0.1) is 0 Å². The molecule has 1 atom stereocenters. The molecule has 0 bridgehead atoms. The first kappa shape index (κ1) is 9.82. The van der Waals surface area contributed by atoms with Crippen LogP contribution in [-0.4, -0.2) is 18.7 Å². The first-order valence-corrected chi connectivity index (χ1v) is 5.70. The lowest BCUT2D eigenvalue weighted by Crippen LogP contribution is -2.10. The summed E-state index contributed by atoms with van der Waals surface area (Å²) in [6.45, 7) is 1.01. The van der Waals surface area contributed by atoms with Crippen molar-refractivity contribution in [3.05, 3.63) is 48.0 Å². The van der Waals surface area contributed by atoms with Crippen molar-refractivity contribution in [2.75, 3.05) is 13.6 Å². The van der Waals surface area contributed by atoms with Crippen molar-refractivity contribution < 1.29 is 4.84 Å². The van der Waals surface area contributed by atoms with Gasteiger partial charge in [0.1, 0.15) is 6.10 Å². The van der Waals surface area contributed by atoms with Gasteiger partial charge in [0.15, 0.2) is 0 Å². The molecule has 2 heteroatoms. The molecule has 82 valence electrons. The van der Waals surface area contributed by atoms with E-state index in [1.165, 1.54) is 16.3 Å². The Hall–Kier alpha value is -1.38. The fraction of sp³-hybridized carbons (Fsp3) is 0.286. The van der Waals surface area contributed by atoms with Crippen molar-refractivity contribution in [3.8, 4) is 0 Å². The Morgan fingerprint density at radius 3 is 2.75 bits per heavy atom. The van der Waals surface area contributed by atoms with Crippen LogP contribution in [0.1, 0.15) is 18.1 Å². The Morgan fingerprint density at radius 2 is 1.94 bits per heavy atom. The zero-order chi connectivity index (χ0) is 11.0. The fourth-order valence-corrected chi connectivity index (χ4v) is 2.37. The Balaban J connectivity index is 2.09. The predicted octanol–water partition coefficient (Wildman–Crippen LogP) is 3.15. The lowest BCUT2D eigenvalue weighted by molar-refractivity contribution is -0.127. The molecule has 2 nitrogen and oxygen atoms in total. The van der Waals surface area contributed by atoms with E-state index in [1.807, 2.05) is 12.1 Å². The third-order valence-corrected chi connectivity index (χ3v) is 3.18. The van der Waals surface area contributed by atoms with Crippen molar-refractivity contribution in [3.63, 3.8) is 0 Å². The van der Waals surface area contributed by atoms with Crippen LogP contribution in [0.15, 0.2) is 42.5 Å². The van der Waals surface area contributed by atoms with Crippen LogP contribution in [0.25, 0.3) is 10.8 Å². The molecule has 2 aromatic rings. The van der Waals surface area contributed by atoms with Gasteiger partial charge in [0.25, 0.3) is 0 Å².